The van der Waals surface area contributed by atoms with Crippen LogP contribution in [0.1, 0.15) is 36.1 Å². The molecule has 2 aliphatic rings. The smallest absolute Gasteiger partial charge is 0.418 e. The molecule has 1 aromatic carbocycles. The molecule has 0 aliphatic carbocycles. The van der Waals surface area contributed by atoms with Crippen LogP contribution in [-0.2, 0) is 6.18 Å². The first kappa shape index (κ1) is 19.8. The Morgan fingerprint density at radius 1 is 1.31 bits per heavy atom. The summed E-state index contributed by atoms with van der Waals surface area (Å²) in [5.41, 5.74) is 2.15. The summed E-state index contributed by atoms with van der Waals surface area (Å²) in [6.45, 7) is 5.60. The van der Waals surface area contributed by atoms with Crippen molar-refractivity contribution in [3.8, 4) is 5.88 Å². The van der Waals surface area contributed by atoms with Crippen LogP contribution < -0.4 is 20.3 Å². The first-order valence-electron chi connectivity index (χ1n) is 9.85. The van der Waals surface area contributed by atoms with E-state index < -0.39 is 11.7 Å². The third-order valence-corrected chi connectivity index (χ3v) is 5.70. The van der Waals surface area contributed by atoms with Crippen molar-refractivity contribution in [2.45, 2.75) is 38.4 Å². The largest absolute Gasteiger partial charge is 0.476 e. The van der Waals surface area contributed by atoms with E-state index in [9.17, 15) is 13.2 Å². The van der Waals surface area contributed by atoms with E-state index in [1.165, 1.54) is 6.07 Å². The van der Waals surface area contributed by atoms with Crippen molar-refractivity contribution in [1.29, 1.82) is 0 Å². The highest BCUT2D eigenvalue weighted by Gasteiger charge is 2.45. The zero-order valence-corrected chi connectivity index (χ0v) is 16.7. The summed E-state index contributed by atoms with van der Waals surface area (Å²) in [7, 11) is 1.77. The molecule has 2 N–H and O–H groups in total. The van der Waals surface area contributed by atoms with E-state index >= 15 is 0 Å². The number of pyridine rings is 1. The fourth-order valence-corrected chi connectivity index (χ4v) is 4.44. The molecule has 2 atom stereocenters. The number of hydrogen-bond donors (Lipinski definition) is 2. The van der Waals surface area contributed by atoms with Gasteiger partial charge in [0.05, 0.1) is 17.9 Å². The number of ether oxygens (including phenoxy) is 1. The molecule has 0 spiro atoms. The molecular weight excluding hydrogens is 381 g/mol. The Morgan fingerprint density at radius 2 is 2.10 bits per heavy atom. The molecule has 0 radical (unpaired) electrons. The minimum absolute atomic E-state index is 0.0362. The molecule has 1 aromatic heterocycles. The summed E-state index contributed by atoms with van der Waals surface area (Å²) in [6, 6.07) is 6.70. The molecule has 156 valence electrons. The van der Waals surface area contributed by atoms with Crippen LogP contribution in [0.3, 0.4) is 0 Å². The lowest BCUT2D eigenvalue weighted by Crippen LogP contribution is -2.42. The van der Waals surface area contributed by atoms with Gasteiger partial charge in [-0.3, -0.25) is 0 Å². The molecule has 1 fully saturated rings. The third-order valence-electron chi connectivity index (χ3n) is 5.70. The molecule has 2 aromatic rings. The highest BCUT2D eigenvalue weighted by molar-refractivity contribution is 5.75. The van der Waals surface area contributed by atoms with Gasteiger partial charge >= 0.3 is 6.18 Å². The van der Waals surface area contributed by atoms with E-state index in [0.717, 1.165) is 24.2 Å². The molecule has 2 aliphatic heterocycles. The van der Waals surface area contributed by atoms with E-state index in [4.69, 9.17) is 4.74 Å². The Bertz CT molecular complexity index is 916. The Morgan fingerprint density at radius 3 is 2.83 bits per heavy atom. The summed E-state index contributed by atoms with van der Waals surface area (Å²) >= 11 is 0. The van der Waals surface area contributed by atoms with Crippen molar-refractivity contribution in [3.63, 3.8) is 0 Å². The van der Waals surface area contributed by atoms with E-state index in [0.29, 0.717) is 36.1 Å². The first-order valence-corrected chi connectivity index (χ1v) is 9.85. The summed E-state index contributed by atoms with van der Waals surface area (Å²) in [4.78, 5) is 6.17. The van der Waals surface area contributed by atoms with Crippen LogP contribution in [0.2, 0.25) is 0 Å². The number of fused-ring (bicyclic) bond motifs is 3. The predicted octanol–water partition coefficient (Wildman–Crippen LogP) is 4.45. The number of likely N-dealkylation sites (N-methyl/N-ethyl adjacent to an activating group) is 1. The second-order valence-corrected chi connectivity index (χ2v) is 7.60. The predicted molar refractivity (Wildman–Crippen MR) is 107 cm³/mol. The Kier molecular flexibility index (Phi) is 5.06. The van der Waals surface area contributed by atoms with Crippen molar-refractivity contribution in [3.05, 3.63) is 41.1 Å². The fraction of sp³-hybridized carbons (Fsp3) is 0.476. The lowest BCUT2D eigenvalue weighted by Gasteiger charge is -2.31. The third kappa shape index (κ3) is 3.61. The minimum atomic E-state index is -4.44. The van der Waals surface area contributed by atoms with Crippen LogP contribution in [0.25, 0.3) is 0 Å². The van der Waals surface area contributed by atoms with Gasteiger partial charge < -0.3 is 20.3 Å². The van der Waals surface area contributed by atoms with Crippen LogP contribution in [-0.4, -0.2) is 37.8 Å². The number of aromatic nitrogens is 1. The van der Waals surface area contributed by atoms with Crippen molar-refractivity contribution in [1.82, 2.24) is 10.3 Å². The summed E-state index contributed by atoms with van der Waals surface area (Å²) in [5, 5.41) is 6.43. The van der Waals surface area contributed by atoms with Gasteiger partial charge in [0.1, 0.15) is 5.69 Å². The lowest BCUT2D eigenvalue weighted by atomic mass is 9.89. The maximum atomic E-state index is 14.0. The fourth-order valence-electron chi connectivity index (χ4n) is 4.44. The lowest BCUT2D eigenvalue weighted by molar-refractivity contribution is -0.137. The van der Waals surface area contributed by atoms with Gasteiger partial charge in [0.25, 0.3) is 0 Å². The SMILES string of the molecule is CCOc1nc(C)ccc1Nc1cc2c(c(C(F)(F)F)c1)N(C)[C@@H]1CCNC[C@H]21. The Hall–Kier alpha value is -2.48. The molecule has 4 rings (SSSR count). The zero-order chi connectivity index (χ0) is 20.8. The molecule has 1 saturated heterocycles. The molecule has 0 saturated carbocycles. The average molecular weight is 406 g/mol. The highest BCUT2D eigenvalue weighted by atomic mass is 19.4. The summed E-state index contributed by atoms with van der Waals surface area (Å²) in [6.07, 6.45) is -3.61. The van der Waals surface area contributed by atoms with Gasteiger partial charge in [0.15, 0.2) is 0 Å². The van der Waals surface area contributed by atoms with E-state index in [-0.39, 0.29) is 12.0 Å². The number of halogens is 3. The Labute approximate surface area is 168 Å². The number of alkyl halides is 3. The van der Waals surface area contributed by atoms with Crippen LogP contribution >= 0.6 is 0 Å². The normalized spacial score (nSPS) is 21.0. The van der Waals surface area contributed by atoms with Crippen molar-refractivity contribution < 1.29 is 17.9 Å². The molecule has 8 heteroatoms. The van der Waals surface area contributed by atoms with Crippen LogP contribution in [0.4, 0.5) is 30.2 Å². The molecule has 5 nitrogen and oxygen atoms in total. The monoisotopic (exact) mass is 406 g/mol. The minimum Gasteiger partial charge on any atom is -0.476 e. The van der Waals surface area contributed by atoms with E-state index in [2.05, 4.69) is 15.6 Å². The van der Waals surface area contributed by atoms with Gasteiger partial charge in [-0.25, -0.2) is 4.98 Å². The molecule has 0 bridgehead atoms. The van der Waals surface area contributed by atoms with Gasteiger partial charge in [-0.1, -0.05) is 0 Å². The maximum absolute atomic E-state index is 14.0. The first-order chi connectivity index (χ1) is 13.8. The standard InChI is InChI=1S/C21H25F3N4O/c1-4-29-20-17(6-5-12(2)26-20)27-13-9-14-15-11-25-8-7-18(15)28(3)19(14)16(10-13)21(22,23)24/h5-6,9-10,15,18,25,27H,4,7-8,11H2,1-3H3/t15-,18-/m1/s1. The number of benzene rings is 1. The summed E-state index contributed by atoms with van der Waals surface area (Å²) < 4.78 is 47.4. The van der Waals surface area contributed by atoms with Gasteiger partial charge in [0.2, 0.25) is 5.88 Å². The van der Waals surface area contributed by atoms with Crippen molar-refractivity contribution >= 4 is 17.1 Å². The van der Waals surface area contributed by atoms with Crippen molar-refractivity contribution in [2.24, 2.45) is 0 Å². The van der Waals surface area contributed by atoms with Gasteiger partial charge in [-0.15, -0.1) is 0 Å². The molecule has 29 heavy (non-hydrogen) atoms. The maximum Gasteiger partial charge on any atom is 0.418 e. The zero-order valence-electron chi connectivity index (χ0n) is 16.7. The van der Waals surface area contributed by atoms with Crippen LogP contribution in [0.5, 0.6) is 5.88 Å². The van der Waals surface area contributed by atoms with Gasteiger partial charge in [-0.05, 0) is 56.6 Å². The number of aryl methyl sites for hydroxylation is 1. The van der Waals surface area contributed by atoms with Gasteiger partial charge in [0, 0.05) is 36.9 Å². The quantitative estimate of drug-likeness (QED) is 0.786. The average Bonchev–Trinajstić information content (AvgIpc) is 2.96. The topological polar surface area (TPSA) is 49.4 Å². The Balaban J connectivity index is 1.79. The molecule has 0 amide bonds. The highest BCUT2D eigenvalue weighted by Crippen LogP contribution is 2.50. The van der Waals surface area contributed by atoms with Crippen LogP contribution in [0, 0.1) is 6.92 Å². The number of rotatable bonds is 4. The number of nitrogens with one attached hydrogen (secondary N) is 2. The van der Waals surface area contributed by atoms with Crippen molar-refractivity contribution in [2.75, 3.05) is 37.0 Å². The van der Waals surface area contributed by atoms with Crippen LogP contribution in [0.15, 0.2) is 24.3 Å². The second kappa shape index (κ2) is 7.40. The molecule has 0 unspecified atom stereocenters. The second-order valence-electron chi connectivity index (χ2n) is 7.60. The number of nitrogens with zero attached hydrogens (tertiary/aromatic N) is 2. The number of piperidine rings is 1. The number of hydrogen-bond acceptors (Lipinski definition) is 5. The molecule has 3 heterocycles. The van der Waals surface area contributed by atoms with E-state index in [1.54, 1.807) is 19.2 Å². The summed E-state index contributed by atoms with van der Waals surface area (Å²) in [5.74, 6) is 0.421. The van der Waals surface area contributed by atoms with Gasteiger partial charge in [-0.2, -0.15) is 13.2 Å². The van der Waals surface area contributed by atoms with E-state index in [1.807, 2.05) is 24.8 Å². The molecular formula is C21H25F3N4O. The number of anilines is 3.